The maximum absolute atomic E-state index is 12.9. The molecule has 2 rings (SSSR count). The molecule has 21 heavy (non-hydrogen) atoms. The van der Waals surface area contributed by atoms with Gasteiger partial charge in [-0.15, -0.1) is 0 Å². The van der Waals surface area contributed by atoms with Gasteiger partial charge < -0.3 is 10.2 Å². The number of hydrogen-bond acceptors (Lipinski definition) is 2. The number of carboxylic acids is 1. The van der Waals surface area contributed by atoms with Crippen LogP contribution in [0.2, 0.25) is 0 Å². The minimum atomic E-state index is -1.26. The molecule has 0 aliphatic carbocycles. The maximum Gasteiger partial charge on any atom is 0.333 e. The second-order valence-electron chi connectivity index (χ2n) is 4.03. The van der Waals surface area contributed by atoms with E-state index in [9.17, 15) is 13.6 Å². The van der Waals surface area contributed by atoms with Gasteiger partial charge in [-0.2, -0.15) is 0 Å². The lowest BCUT2D eigenvalue weighted by Crippen LogP contribution is -2.20. The van der Waals surface area contributed by atoms with Gasteiger partial charge >= 0.3 is 5.97 Å². The molecule has 112 valence electrons. The molecule has 0 aromatic heterocycles. The molecule has 3 nitrogen and oxygen atoms in total. The van der Waals surface area contributed by atoms with E-state index in [-0.39, 0.29) is 17.0 Å². The molecule has 2 aromatic carbocycles. The Balaban J connectivity index is 0.000000270. The summed E-state index contributed by atoms with van der Waals surface area (Å²) in [6.45, 7) is 0. The lowest BCUT2D eigenvalue weighted by Gasteiger charge is -2.01. The molecule has 6 heteroatoms. The fourth-order valence-electron chi connectivity index (χ4n) is 1.40. The number of aliphatic carboxylic acids is 1. The van der Waals surface area contributed by atoms with Gasteiger partial charge in [0.25, 0.3) is 0 Å². The quantitative estimate of drug-likeness (QED) is 0.826. The van der Waals surface area contributed by atoms with E-state index in [0.29, 0.717) is 11.1 Å². The van der Waals surface area contributed by atoms with Gasteiger partial charge in [-0.3, -0.25) is 0 Å². The summed E-state index contributed by atoms with van der Waals surface area (Å²) in [7, 11) is 0. The van der Waals surface area contributed by atoms with E-state index >= 15 is 0 Å². The topological polar surface area (TPSA) is 57.5 Å². The highest BCUT2D eigenvalue weighted by atomic mass is 79.9. The minimum absolute atomic E-state index is 0.0856. The standard InChI is InChI=1S/C12H8F2.C3H5BrO3/c13-11-5-1-3-9(7-11)10-4-2-6-12(14)8-10;4-1-2(5)3(6)7/h1-8H;2,5H,1H2,(H,6,7). The molecule has 0 saturated carbocycles. The second-order valence-corrected chi connectivity index (χ2v) is 4.68. The van der Waals surface area contributed by atoms with Crippen molar-refractivity contribution in [3.05, 3.63) is 60.2 Å². The van der Waals surface area contributed by atoms with E-state index in [1.165, 1.54) is 24.3 Å². The Hall–Kier alpha value is -1.79. The number of hydrogen-bond donors (Lipinski definition) is 2. The molecule has 0 spiro atoms. The third kappa shape index (κ3) is 6.01. The van der Waals surface area contributed by atoms with Crippen molar-refractivity contribution in [1.29, 1.82) is 0 Å². The molecule has 0 fully saturated rings. The first-order valence-electron chi connectivity index (χ1n) is 5.92. The number of carbonyl (C=O) groups is 1. The Morgan fingerprint density at radius 3 is 1.71 bits per heavy atom. The Kier molecular flexibility index (Phi) is 6.98. The fraction of sp³-hybridized carbons (Fsp3) is 0.133. The molecule has 0 radical (unpaired) electrons. The molecule has 0 heterocycles. The first-order valence-corrected chi connectivity index (χ1v) is 7.04. The Labute approximate surface area is 129 Å². The normalized spacial score (nSPS) is 11.2. The van der Waals surface area contributed by atoms with Crippen LogP contribution in [0.3, 0.4) is 0 Å². The summed E-state index contributed by atoms with van der Waals surface area (Å²) < 4.78 is 25.7. The molecule has 1 atom stereocenters. The molecule has 0 bridgehead atoms. The molecule has 0 amide bonds. The number of carboxylic acid groups (broad SMARTS) is 1. The molecule has 0 aliphatic rings. The zero-order chi connectivity index (χ0) is 15.8. The Morgan fingerprint density at radius 2 is 1.48 bits per heavy atom. The first-order chi connectivity index (χ1) is 9.93. The van der Waals surface area contributed by atoms with Gasteiger partial charge in [0, 0.05) is 5.33 Å². The van der Waals surface area contributed by atoms with Crippen LogP contribution in [0.15, 0.2) is 48.5 Å². The summed E-state index contributed by atoms with van der Waals surface area (Å²) in [6, 6.07) is 12.2. The molecular formula is C15H13BrF2O3. The van der Waals surface area contributed by atoms with E-state index in [4.69, 9.17) is 10.2 Å². The molecular weight excluding hydrogens is 346 g/mol. The van der Waals surface area contributed by atoms with Crippen molar-refractivity contribution in [2.45, 2.75) is 6.10 Å². The van der Waals surface area contributed by atoms with Crippen LogP contribution < -0.4 is 0 Å². The second kappa shape index (κ2) is 8.49. The number of rotatable bonds is 3. The number of alkyl halides is 1. The van der Waals surface area contributed by atoms with Gasteiger partial charge in [0.05, 0.1) is 0 Å². The highest BCUT2D eigenvalue weighted by molar-refractivity contribution is 9.09. The van der Waals surface area contributed by atoms with Gasteiger partial charge in [0.2, 0.25) is 0 Å². The Morgan fingerprint density at radius 1 is 1.05 bits per heavy atom. The average molecular weight is 359 g/mol. The predicted molar refractivity (Wildman–Crippen MR) is 79.2 cm³/mol. The fourth-order valence-corrected chi connectivity index (χ4v) is 1.68. The lowest BCUT2D eigenvalue weighted by atomic mass is 10.1. The first kappa shape index (κ1) is 17.3. The van der Waals surface area contributed by atoms with Crippen molar-refractivity contribution in [3.63, 3.8) is 0 Å². The van der Waals surface area contributed by atoms with Gasteiger partial charge in [0.15, 0.2) is 6.10 Å². The third-order valence-corrected chi connectivity index (χ3v) is 3.03. The van der Waals surface area contributed by atoms with Crippen molar-refractivity contribution in [2.75, 3.05) is 5.33 Å². The molecule has 0 saturated heterocycles. The smallest absolute Gasteiger partial charge is 0.333 e. The Bertz CT molecular complexity index is 561. The van der Waals surface area contributed by atoms with Crippen LogP contribution in [0.5, 0.6) is 0 Å². The summed E-state index contributed by atoms with van der Waals surface area (Å²) in [4.78, 5) is 9.65. The van der Waals surface area contributed by atoms with E-state index < -0.39 is 12.1 Å². The lowest BCUT2D eigenvalue weighted by molar-refractivity contribution is -0.145. The molecule has 2 aromatic rings. The van der Waals surface area contributed by atoms with Crippen LogP contribution in [0.25, 0.3) is 11.1 Å². The summed E-state index contributed by atoms with van der Waals surface area (Å²) >= 11 is 2.78. The number of halogens is 3. The van der Waals surface area contributed by atoms with Gasteiger partial charge in [-0.1, -0.05) is 40.2 Å². The van der Waals surface area contributed by atoms with Crippen LogP contribution in [-0.2, 0) is 4.79 Å². The van der Waals surface area contributed by atoms with Crippen molar-refractivity contribution < 1.29 is 23.8 Å². The van der Waals surface area contributed by atoms with Crippen LogP contribution in [0.1, 0.15) is 0 Å². The third-order valence-electron chi connectivity index (χ3n) is 2.41. The largest absolute Gasteiger partial charge is 0.479 e. The summed E-state index contributed by atoms with van der Waals surface area (Å²) in [5.41, 5.74) is 1.37. The molecule has 2 N–H and O–H groups in total. The monoisotopic (exact) mass is 358 g/mol. The van der Waals surface area contributed by atoms with Crippen LogP contribution >= 0.6 is 15.9 Å². The maximum atomic E-state index is 12.9. The van der Waals surface area contributed by atoms with E-state index in [0.717, 1.165) is 0 Å². The van der Waals surface area contributed by atoms with Crippen molar-refractivity contribution in [2.24, 2.45) is 0 Å². The highest BCUT2D eigenvalue weighted by Gasteiger charge is 2.08. The highest BCUT2D eigenvalue weighted by Crippen LogP contribution is 2.20. The molecule has 0 aliphatic heterocycles. The van der Waals surface area contributed by atoms with E-state index in [1.807, 2.05) is 0 Å². The van der Waals surface area contributed by atoms with Crippen LogP contribution in [-0.4, -0.2) is 27.6 Å². The van der Waals surface area contributed by atoms with Gasteiger partial charge in [-0.25, -0.2) is 13.6 Å². The SMILES string of the molecule is Fc1cccc(-c2cccc(F)c2)c1.O=C(O)C(O)CBr. The number of benzene rings is 2. The summed E-state index contributed by atoms with van der Waals surface area (Å²) in [5, 5.41) is 16.3. The van der Waals surface area contributed by atoms with Gasteiger partial charge in [-0.05, 0) is 35.4 Å². The van der Waals surface area contributed by atoms with Crippen LogP contribution in [0.4, 0.5) is 8.78 Å². The van der Waals surface area contributed by atoms with Crippen molar-refractivity contribution >= 4 is 21.9 Å². The zero-order valence-electron chi connectivity index (χ0n) is 10.8. The molecule has 1 unspecified atom stereocenters. The van der Waals surface area contributed by atoms with E-state index in [2.05, 4.69) is 15.9 Å². The average Bonchev–Trinajstić information content (AvgIpc) is 2.47. The minimum Gasteiger partial charge on any atom is -0.479 e. The number of aliphatic hydroxyl groups is 1. The number of aliphatic hydroxyl groups excluding tert-OH is 1. The van der Waals surface area contributed by atoms with Gasteiger partial charge in [0.1, 0.15) is 11.6 Å². The predicted octanol–water partition coefficient (Wildman–Crippen LogP) is 3.46. The van der Waals surface area contributed by atoms with Crippen LogP contribution in [0, 0.1) is 11.6 Å². The zero-order valence-corrected chi connectivity index (χ0v) is 12.4. The summed E-state index contributed by atoms with van der Waals surface area (Å²) in [6.07, 6.45) is -1.26. The van der Waals surface area contributed by atoms with Crippen molar-refractivity contribution in [1.82, 2.24) is 0 Å². The van der Waals surface area contributed by atoms with Crippen molar-refractivity contribution in [3.8, 4) is 11.1 Å². The summed E-state index contributed by atoms with van der Waals surface area (Å²) in [5.74, 6) is -1.82. The van der Waals surface area contributed by atoms with E-state index in [1.54, 1.807) is 24.3 Å².